The Kier molecular flexibility index (Phi) is 7.32. The largest absolute Gasteiger partial charge is 0.489 e. The summed E-state index contributed by atoms with van der Waals surface area (Å²) < 4.78 is 7.93. The Balaban J connectivity index is 1.47. The molecule has 1 heterocycles. The van der Waals surface area contributed by atoms with Gasteiger partial charge < -0.3 is 9.64 Å². The average Bonchev–Trinajstić information content (AvgIpc) is 3.24. The zero-order chi connectivity index (χ0) is 23.0. The molecule has 0 bridgehead atoms. The van der Waals surface area contributed by atoms with Gasteiger partial charge >= 0.3 is 0 Å². The van der Waals surface area contributed by atoms with Crippen molar-refractivity contribution in [2.24, 2.45) is 5.10 Å². The van der Waals surface area contributed by atoms with Crippen LogP contribution in [-0.2, 0) is 6.61 Å². The van der Waals surface area contributed by atoms with Crippen LogP contribution in [0.5, 0.6) is 5.75 Å². The van der Waals surface area contributed by atoms with Gasteiger partial charge in [0.25, 0.3) is 0 Å². The summed E-state index contributed by atoms with van der Waals surface area (Å²) in [5.41, 5.74) is 4.20. The van der Waals surface area contributed by atoms with E-state index < -0.39 is 0 Å². The summed E-state index contributed by atoms with van der Waals surface area (Å²) in [6.45, 7) is 6.77. The third-order valence-electron chi connectivity index (χ3n) is 5.36. The highest BCUT2D eigenvalue weighted by Crippen LogP contribution is 2.22. The number of ether oxygens (including phenoxy) is 1. The van der Waals surface area contributed by atoms with E-state index in [-0.39, 0.29) is 0 Å². The number of hydrogen-bond acceptors (Lipinski definition) is 5. The molecule has 1 aromatic heterocycles. The van der Waals surface area contributed by atoms with Crippen LogP contribution in [0.4, 0.5) is 5.69 Å². The molecule has 0 aliphatic heterocycles. The van der Waals surface area contributed by atoms with Crippen LogP contribution in [0.2, 0.25) is 0 Å². The van der Waals surface area contributed by atoms with E-state index in [0.29, 0.717) is 17.2 Å². The summed E-state index contributed by atoms with van der Waals surface area (Å²) in [5, 5.41) is 11.8. The van der Waals surface area contributed by atoms with E-state index in [0.717, 1.165) is 35.5 Å². The van der Waals surface area contributed by atoms with E-state index in [1.807, 2.05) is 66.7 Å². The number of hydrogen-bond donors (Lipinski definition) is 1. The van der Waals surface area contributed by atoms with Crippen molar-refractivity contribution >= 4 is 24.1 Å². The molecule has 0 fully saturated rings. The number of aromatic nitrogens is 3. The summed E-state index contributed by atoms with van der Waals surface area (Å²) in [5.74, 6) is 1.48. The van der Waals surface area contributed by atoms with Gasteiger partial charge in [-0.1, -0.05) is 30.3 Å². The van der Waals surface area contributed by atoms with Crippen molar-refractivity contribution in [3.8, 4) is 17.1 Å². The van der Waals surface area contributed by atoms with Crippen LogP contribution in [-0.4, -0.2) is 34.2 Å². The number of nitrogens with zero attached hydrogens (tertiary/aromatic N) is 4. The third-order valence-corrected chi connectivity index (χ3v) is 5.62. The van der Waals surface area contributed by atoms with Gasteiger partial charge in [0.15, 0.2) is 5.82 Å². The normalized spacial score (nSPS) is 11.1. The number of aromatic amines is 1. The fraction of sp³-hybridized carbons (Fsp3) is 0.192. The molecule has 0 radical (unpaired) electrons. The molecule has 0 unspecified atom stereocenters. The second kappa shape index (κ2) is 10.7. The summed E-state index contributed by atoms with van der Waals surface area (Å²) in [4.78, 5) is 2.30. The van der Waals surface area contributed by atoms with E-state index in [9.17, 15) is 0 Å². The molecule has 4 aromatic rings. The molecule has 33 heavy (non-hydrogen) atoms. The standard InChI is InChI=1S/C26H27N5OS/c1-3-30(4-2)23-14-12-22(13-15-23)25-28-29-26(33)31(25)27-18-20-10-16-24(17-11-20)32-19-21-8-6-5-7-9-21/h5-18H,3-4,19H2,1-2H3,(H,29,33). The fourth-order valence-electron chi connectivity index (χ4n) is 3.51. The van der Waals surface area contributed by atoms with Crippen LogP contribution in [0.3, 0.4) is 0 Å². The van der Waals surface area contributed by atoms with Crippen molar-refractivity contribution in [1.29, 1.82) is 0 Å². The molecule has 0 aliphatic carbocycles. The van der Waals surface area contributed by atoms with E-state index in [2.05, 4.69) is 46.2 Å². The van der Waals surface area contributed by atoms with E-state index >= 15 is 0 Å². The lowest BCUT2D eigenvalue weighted by Crippen LogP contribution is -2.21. The highest BCUT2D eigenvalue weighted by molar-refractivity contribution is 7.71. The minimum Gasteiger partial charge on any atom is -0.489 e. The molecule has 0 spiro atoms. The molecular weight excluding hydrogens is 430 g/mol. The predicted molar refractivity (Wildman–Crippen MR) is 137 cm³/mol. The van der Waals surface area contributed by atoms with Crippen LogP contribution >= 0.6 is 12.2 Å². The number of anilines is 1. The SMILES string of the molecule is CCN(CC)c1ccc(-c2n[nH]c(=S)n2N=Cc2ccc(OCc3ccccc3)cc2)cc1. The fourth-order valence-corrected chi connectivity index (χ4v) is 3.69. The quantitative estimate of drug-likeness (QED) is 0.251. The molecule has 4 rings (SSSR count). The van der Waals surface area contributed by atoms with Crippen molar-refractivity contribution in [2.45, 2.75) is 20.5 Å². The molecule has 7 heteroatoms. The van der Waals surface area contributed by atoms with E-state index in [1.165, 1.54) is 5.69 Å². The lowest BCUT2D eigenvalue weighted by Gasteiger charge is -2.20. The van der Waals surface area contributed by atoms with Crippen molar-refractivity contribution in [2.75, 3.05) is 18.0 Å². The maximum absolute atomic E-state index is 5.85. The van der Waals surface area contributed by atoms with Crippen molar-refractivity contribution in [3.63, 3.8) is 0 Å². The van der Waals surface area contributed by atoms with Gasteiger partial charge in [-0.25, -0.2) is 5.10 Å². The Hall–Kier alpha value is -3.71. The van der Waals surface area contributed by atoms with Crippen LogP contribution in [0, 0.1) is 4.77 Å². The number of rotatable bonds is 9. The molecule has 0 atom stereocenters. The zero-order valence-electron chi connectivity index (χ0n) is 18.8. The molecule has 6 nitrogen and oxygen atoms in total. The van der Waals surface area contributed by atoms with Crippen LogP contribution in [0.1, 0.15) is 25.0 Å². The van der Waals surface area contributed by atoms with Crippen LogP contribution in [0.25, 0.3) is 11.4 Å². The number of benzene rings is 3. The first-order chi connectivity index (χ1) is 16.2. The Morgan fingerprint density at radius 3 is 2.33 bits per heavy atom. The van der Waals surface area contributed by atoms with Crippen LogP contribution < -0.4 is 9.64 Å². The molecule has 0 amide bonds. The van der Waals surface area contributed by atoms with E-state index in [4.69, 9.17) is 17.0 Å². The first-order valence-electron chi connectivity index (χ1n) is 11.0. The lowest BCUT2D eigenvalue weighted by molar-refractivity contribution is 0.306. The molecule has 3 aromatic carbocycles. The van der Waals surface area contributed by atoms with Crippen molar-refractivity contribution < 1.29 is 4.74 Å². The second-order valence-corrected chi connectivity index (χ2v) is 7.86. The van der Waals surface area contributed by atoms with Gasteiger partial charge in [0.1, 0.15) is 12.4 Å². The molecule has 0 aliphatic rings. The maximum atomic E-state index is 5.85. The summed E-state index contributed by atoms with van der Waals surface area (Å²) in [6.07, 6.45) is 1.76. The molecule has 168 valence electrons. The summed E-state index contributed by atoms with van der Waals surface area (Å²) in [6, 6.07) is 26.2. The zero-order valence-corrected chi connectivity index (χ0v) is 19.6. The third kappa shape index (κ3) is 5.56. The topological polar surface area (TPSA) is 58.4 Å². The first kappa shape index (κ1) is 22.5. The summed E-state index contributed by atoms with van der Waals surface area (Å²) >= 11 is 5.40. The predicted octanol–water partition coefficient (Wildman–Crippen LogP) is 5.92. The summed E-state index contributed by atoms with van der Waals surface area (Å²) in [7, 11) is 0. The van der Waals surface area contributed by atoms with Gasteiger partial charge in [0.2, 0.25) is 4.77 Å². The average molecular weight is 458 g/mol. The monoisotopic (exact) mass is 457 g/mol. The van der Waals surface area contributed by atoms with Gasteiger partial charge in [0.05, 0.1) is 6.21 Å². The molecule has 0 saturated heterocycles. The Bertz CT molecular complexity index is 1240. The second-order valence-electron chi connectivity index (χ2n) is 7.47. The Morgan fingerprint density at radius 2 is 1.67 bits per heavy atom. The minimum absolute atomic E-state index is 0.442. The van der Waals surface area contributed by atoms with Crippen LogP contribution in [0.15, 0.2) is 84.0 Å². The smallest absolute Gasteiger partial charge is 0.216 e. The Morgan fingerprint density at radius 1 is 0.970 bits per heavy atom. The van der Waals surface area contributed by atoms with Crippen molar-refractivity contribution in [1.82, 2.24) is 14.9 Å². The van der Waals surface area contributed by atoms with E-state index in [1.54, 1.807) is 10.9 Å². The minimum atomic E-state index is 0.442. The highest BCUT2D eigenvalue weighted by Gasteiger charge is 2.09. The highest BCUT2D eigenvalue weighted by atomic mass is 32.1. The van der Waals surface area contributed by atoms with Crippen molar-refractivity contribution in [3.05, 3.63) is 94.8 Å². The first-order valence-corrected chi connectivity index (χ1v) is 11.4. The van der Waals surface area contributed by atoms with Gasteiger partial charge in [-0.15, -0.1) is 0 Å². The maximum Gasteiger partial charge on any atom is 0.216 e. The van der Waals surface area contributed by atoms with Gasteiger partial charge in [0, 0.05) is 24.3 Å². The molecule has 1 N–H and O–H groups in total. The van der Waals surface area contributed by atoms with Gasteiger partial charge in [-0.05, 0) is 85.7 Å². The molecule has 0 saturated carbocycles. The lowest BCUT2D eigenvalue weighted by atomic mass is 10.2. The van der Waals surface area contributed by atoms with Gasteiger partial charge in [-0.2, -0.15) is 14.9 Å². The number of nitrogens with one attached hydrogen (secondary N) is 1. The molecular formula is C26H27N5OS. The number of H-pyrrole nitrogens is 1. The van der Waals surface area contributed by atoms with Gasteiger partial charge in [-0.3, -0.25) is 0 Å². The Labute approximate surface area is 199 Å².